The fraction of sp³-hybridized carbons (Fsp3) is 0.407. The minimum Gasteiger partial charge on any atom is -0.497 e. The van der Waals surface area contributed by atoms with E-state index in [2.05, 4.69) is 16.7 Å². The largest absolute Gasteiger partial charge is 0.497 e. The summed E-state index contributed by atoms with van der Waals surface area (Å²) in [5, 5.41) is 4.17. The molecule has 1 aliphatic carbocycles. The third-order valence-corrected chi connectivity index (χ3v) is 8.77. The van der Waals surface area contributed by atoms with E-state index in [-0.39, 0.29) is 49.6 Å². The van der Waals surface area contributed by atoms with E-state index in [1.807, 2.05) is 4.90 Å². The summed E-state index contributed by atoms with van der Waals surface area (Å²) >= 11 is 0. The minimum absolute atomic E-state index is 0.0155. The molecule has 10 nitrogen and oxygen atoms in total. The highest BCUT2D eigenvalue weighted by atomic mass is 32.2. The van der Waals surface area contributed by atoms with Gasteiger partial charge in [-0.15, -0.1) is 0 Å². The van der Waals surface area contributed by atoms with Crippen LogP contribution in [0.15, 0.2) is 53.5 Å². The van der Waals surface area contributed by atoms with E-state index in [0.29, 0.717) is 24.1 Å². The van der Waals surface area contributed by atoms with Gasteiger partial charge in [-0.3, -0.25) is 4.79 Å². The first kappa shape index (κ1) is 28.0. The van der Waals surface area contributed by atoms with Crippen LogP contribution < -0.4 is 24.7 Å². The second-order valence-electron chi connectivity index (χ2n) is 10.4. The minimum atomic E-state index is -3.75. The number of rotatable bonds is 10. The average Bonchev–Trinajstić information content (AvgIpc) is 3.68. The molecule has 0 radical (unpaired) electrons. The van der Waals surface area contributed by atoms with Crippen molar-refractivity contribution in [3.63, 3.8) is 0 Å². The summed E-state index contributed by atoms with van der Waals surface area (Å²) in [6.07, 6.45) is 3.36. The molecule has 1 saturated heterocycles. The summed E-state index contributed by atoms with van der Waals surface area (Å²) in [6.45, 7) is 3.41. The second-order valence-corrected chi connectivity index (χ2v) is 12.1. The first-order valence-corrected chi connectivity index (χ1v) is 14.4. The highest BCUT2D eigenvalue weighted by Gasteiger charge is 2.39. The fourth-order valence-electron chi connectivity index (χ4n) is 4.42. The summed E-state index contributed by atoms with van der Waals surface area (Å²) in [5.74, 6) is -0.971. The predicted molar refractivity (Wildman–Crippen MR) is 145 cm³/mol. The van der Waals surface area contributed by atoms with Gasteiger partial charge >= 0.3 is 5.56 Å². The molecule has 2 fully saturated rings. The highest BCUT2D eigenvalue weighted by Crippen LogP contribution is 2.45. The molecule has 13 heteroatoms. The molecule has 0 bridgehead atoms. The van der Waals surface area contributed by atoms with Crippen LogP contribution in [0.25, 0.3) is 5.69 Å². The molecular weight excluding hydrogens is 544 g/mol. The van der Waals surface area contributed by atoms with Gasteiger partial charge in [0.1, 0.15) is 23.1 Å². The number of methoxy groups -OCH3 is 1. The van der Waals surface area contributed by atoms with Crippen molar-refractivity contribution < 1.29 is 26.7 Å². The van der Waals surface area contributed by atoms with Gasteiger partial charge in [-0.05, 0) is 42.7 Å². The van der Waals surface area contributed by atoms with Gasteiger partial charge in [0.15, 0.2) is 0 Å². The zero-order chi connectivity index (χ0) is 28.5. The molecule has 0 spiro atoms. The number of piperazine rings is 1. The van der Waals surface area contributed by atoms with Gasteiger partial charge in [0, 0.05) is 44.2 Å². The zero-order valence-corrected chi connectivity index (χ0v) is 23.1. The Morgan fingerprint density at radius 1 is 1.02 bits per heavy atom. The van der Waals surface area contributed by atoms with Crippen molar-refractivity contribution in [1.29, 1.82) is 0 Å². The fourth-order valence-corrected chi connectivity index (χ4v) is 5.59. The van der Waals surface area contributed by atoms with Crippen LogP contribution in [-0.4, -0.2) is 62.4 Å². The van der Waals surface area contributed by atoms with Gasteiger partial charge in [-0.2, -0.15) is 27.2 Å². The average molecular weight is 576 g/mol. The number of halogens is 2. The Hall–Kier alpha value is -3.55. The van der Waals surface area contributed by atoms with Crippen LogP contribution in [-0.2, 0) is 16.8 Å². The van der Waals surface area contributed by atoms with Gasteiger partial charge in [-0.25, -0.2) is 8.78 Å². The maximum Gasteiger partial charge on any atom is 0.316 e. The van der Waals surface area contributed by atoms with Crippen LogP contribution in [0, 0.1) is 17.0 Å². The molecule has 0 unspecified atom stereocenters. The van der Waals surface area contributed by atoms with Crippen molar-refractivity contribution in [3.05, 3.63) is 76.2 Å². The Bertz CT molecular complexity index is 1520. The first-order chi connectivity index (χ1) is 19.1. The molecule has 1 saturated carbocycles. The number of anilines is 1. The molecule has 0 atom stereocenters. The van der Waals surface area contributed by atoms with Crippen molar-refractivity contribution in [2.45, 2.75) is 26.3 Å². The standard InChI is InChI=1S/C27H31F2N5O5S/c1-27(7-8-27)18-39-25-24(17-30-34(26(25)35)22-14-20(28)13-21(29)15-22)32-9-11-33(12-10-32)40(36,37)31-16-19-3-5-23(38-2)6-4-19/h3-6,13-15,17,31H,7-12,16,18H2,1-2H3. The van der Waals surface area contributed by atoms with Crippen molar-refractivity contribution in [2.24, 2.45) is 5.41 Å². The maximum absolute atomic E-state index is 13.9. The van der Waals surface area contributed by atoms with E-state index < -0.39 is 27.4 Å². The quantitative estimate of drug-likeness (QED) is 0.396. The van der Waals surface area contributed by atoms with Crippen LogP contribution in [0.3, 0.4) is 0 Å². The van der Waals surface area contributed by atoms with Crippen LogP contribution in [0.2, 0.25) is 0 Å². The number of aromatic nitrogens is 2. The Labute approximate surface area is 231 Å². The van der Waals surface area contributed by atoms with Crippen molar-refractivity contribution in [3.8, 4) is 17.2 Å². The summed E-state index contributed by atoms with van der Waals surface area (Å²) in [6, 6.07) is 9.86. The van der Waals surface area contributed by atoms with E-state index in [1.54, 1.807) is 31.4 Å². The van der Waals surface area contributed by atoms with Gasteiger partial charge in [0.2, 0.25) is 5.75 Å². The predicted octanol–water partition coefficient (Wildman–Crippen LogP) is 2.85. The molecule has 1 aliphatic heterocycles. The number of benzene rings is 2. The van der Waals surface area contributed by atoms with Crippen LogP contribution in [0.1, 0.15) is 25.3 Å². The monoisotopic (exact) mass is 575 g/mol. The van der Waals surface area contributed by atoms with Gasteiger partial charge in [-0.1, -0.05) is 19.1 Å². The van der Waals surface area contributed by atoms with Crippen LogP contribution in [0.4, 0.5) is 14.5 Å². The Balaban J connectivity index is 1.32. The topological polar surface area (TPSA) is 106 Å². The Kier molecular flexibility index (Phi) is 7.80. The van der Waals surface area contributed by atoms with E-state index in [0.717, 1.165) is 35.2 Å². The summed E-state index contributed by atoms with van der Waals surface area (Å²) < 4.78 is 69.6. The van der Waals surface area contributed by atoms with Crippen molar-refractivity contribution >= 4 is 15.9 Å². The molecule has 2 heterocycles. The van der Waals surface area contributed by atoms with Crippen molar-refractivity contribution in [1.82, 2.24) is 18.8 Å². The Morgan fingerprint density at radius 3 is 2.27 bits per heavy atom. The number of nitrogens with one attached hydrogen (secondary N) is 1. The van der Waals surface area contributed by atoms with Crippen LogP contribution >= 0.6 is 0 Å². The maximum atomic E-state index is 13.9. The summed E-state index contributed by atoms with van der Waals surface area (Å²) in [7, 11) is -2.19. The molecule has 214 valence electrons. The second kappa shape index (κ2) is 11.1. The molecule has 2 aromatic carbocycles. The summed E-state index contributed by atoms with van der Waals surface area (Å²) in [5.41, 5.74) is 0.452. The van der Waals surface area contributed by atoms with Gasteiger partial charge < -0.3 is 14.4 Å². The van der Waals surface area contributed by atoms with Gasteiger partial charge in [0.05, 0.1) is 25.6 Å². The lowest BCUT2D eigenvalue weighted by Crippen LogP contribution is -2.52. The third kappa shape index (κ3) is 6.26. The molecular formula is C27H31F2N5O5S. The highest BCUT2D eigenvalue weighted by molar-refractivity contribution is 7.87. The molecule has 3 aromatic rings. The van der Waals surface area contributed by atoms with Crippen molar-refractivity contribution in [2.75, 3.05) is 44.8 Å². The first-order valence-electron chi connectivity index (χ1n) is 12.9. The molecule has 2 aliphatic rings. The number of nitrogens with zero attached hydrogens (tertiary/aromatic N) is 4. The lowest BCUT2D eigenvalue weighted by atomic mass is 10.2. The van der Waals surface area contributed by atoms with E-state index >= 15 is 0 Å². The van der Waals surface area contributed by atoms with E-state index in [1.165, 1.54) is 10.5 Å². The number of hydrogen-bond acceptors (Lipinski definition) is 7. The smallest absolute Gasteiger partial charge is 0.316 e. The number of hydrogen-bond donors (Lipinski definition) is 1. The van der Waals surface area contributed by atoms with E-state index in [9.17, 15) is 22.0 Å². The van der Waals surface area contributed by atoms with Crippen LogP contribution in [0.5, 0.6) is 11.5 Å². The molecule has 1 N–H and O–H groups in total. The molecule has 5 rings (SSSR count). The molecule has 1 aromatic heterocycles. The lowest BCUT2D eigenvalue weighted by molar-refractivity contribution is 0.242. The lowest BCUT2D eigenvalue weighted by Gasteiger charge is -2.35. The third-order valence-electron chi connectivity index (χ3n) is 7.21. The summed E-state index contributed by atoms with van der Waals surface area (Å²) in [4.78, 5) is 15.3. The van der Waals surface area contributed by atoms with Gasteiger partial charge in [0.25, 0.3) is 10.2 Å². The molecule has 40 heavy (non-hydrogen) atoms. The van der Waals surface area contributed by atoms with E-state index in [4.69, 9.17) is 9.47 Å². The molecule has 0 amide bonds. The number of ether oxygens (including phenoxy) is 2. The normalized spacial score (nSPS) is 17.1. The zero-order valence-electron chi connectivity index (χ0n) is 22.3. The Morgan fingerprint density at radius 2 is 1.68 bits per heavy atom. The SMILES string of the molecule is COc1ccc(CNS(=O)(=O)N2CCN(c3cnn(-c4cc(F)cc(F)c4)c(=O)c3OCC3(C)CC3)CC2)cc1.